The van der Waals surface area contributed by atoms with Crippen molar-refractivity contribution in [3.63, 3.8) is 0 Å². The van der Waals surface area contributed by atoms with Crippen LogP contribution in [-0.2, 0) is 5.33 Å². The van der Waals surface area contributed by atoms with E-state index in [2.05, 4.69) is 37.2 Å². The Balaban J connectivity index is 2.15. The predicted octanol–water partition coefficient (Wildman–Crippen LogP) is 5.25. The number of alkyl halides is 1. The topological polar surface area (TPSA) is 29.1 Å². The number of nitrogens with one attached hydrogen (secondary N) is 1. The van der Waals surface area contributed by atoms with E-state index in [1.54, 1.807) is 18.2 Å². The zero-order valence-corrected chi connectivity index (χ0v) is 13.7. The van der Waals surface area contributed by atoms with Crippen LogP contribution in [0.2, 0.25) is 5.02 Å². The lowest BCUT2D eigenvalue weighted by Crippen LogP contribution is -2.11. The number of amides is 1. The summed E-state index contributed by atoms with van der Waals surface area (Å²) < 4.78 is 0.778. The molecule has 0 spiro atoms. The van der Waals surface area contributed by atoms with E-state index >= 15 is 0 Å². The van der Waals surface area contributed by atoms with Gasteiger partial charge in [0.15, 0.2) is 0 Å². The Hall–Kier alpha value is -0.840. The molecule has 2 nitrogen and oxygen atoms in total. The molecule has 0 fully saturated rings. The standard InChI is InChI=1S/C14H10Br2ClNO/c15-8-9-1-3-13(4-2-9)18-14(19)10-5-11(16)7-12(17)6-10/h1-7H,8H2,(H,18,19). The number of carbonyl (C=O) groups is 1. The fourth-order valence-electron chi connectivity index (χ4n) is 1.57. The van der Waals surface area contributed by atoms with E-state index in [9.17, 15) is 4.79 Å². The molecule has 0 saturated heterocycles. The number of carbonyl (C=O) groups excluding carboxylic acids is 1. The second kappa shape index (κ2) is 6.55. The highest BCUT2D eigenvalue weighted by Gasteiger charge is 2.08. The summed E-state index contributed by atoms with van der Waals surface area (Å²) in [5.74, 6) is -0.185. The largest absolute Gasteiger partial charge is 0.322 e. The van der Waals surface area contributed by atoms with Crippen LogP contribution in [0.25, 0.3) is 0 Å². The molecule has 1 amide bonds. The summed E-state index contributed by atoms with van der Waals surface area (Å²) in [7, 11) is 0. The van der Waals surface area contributed by atoms with Gasteiger partial charge in [-0.2, -0.15) is 0 Å². The highest BCUT2D eigenvalue weighted by atomic mass is 79.9. The van der Waals surface area contributed by atoms with E-state index in [4.69, 9.17) is 11.6 Å². The summed E-state index contributed by atoms with van der Waals surface area (Å²) in [6.45, 7) is 0. The van der Waals surface area contributed by atoms with Crippen LogP contribution in [0.4, 0.5) is 5.69 Å². The molecule has 0 unspecified atom stereocenters. The van der Waals surface area contributed by atoms with Gasteiger partial charge in [0.05, 0.1) is 0 Å². The van der Waals surface area contributed by atoms with Crippen molar-refractivity contribution in [2.45, 2.75) is 5.33 Å². The molecule has 98 valence electrons. The maximum Gasteiger partial charge on any atom is 0.255 e. The minimum Gasteiger partial charge on any atom is -0.322 e. The first-order chi connectivity index (χ1) is 9.08. The van der Waals surface area contributed by atoms with Gasteiger partial charge < -0.3 is 5.32 Å². The summed E-state index contributed by atoms with van der Waals surface area (Å²) in [6.07, 6.45) is 0. The maximum absolute atomic E-state index is 12.1. The molecule has 0 aliphatic carbocycles. The third-order valence-electron chi connectivity index (χ3n) is 2.49. The lowest BCUT2D eigenvalue weighted by atomic mass is 10.2. The summed E-state index contributed by atoms with van der Waals surface area (Å²) >= 11 is 12.6. The van der Waals surface area contributed by atoms with Crippen LogP contribution in [0.3, 0.4) is 0 Å². The van der Waals surface area contributed by atoms with Gasteiger partial charge in [-0.15, -0.1) is 0 Å². The molecule has 0 aliphatic rings. The number of anilines is 1. The van der Waals surface area contributed by atoms with Crippen LogP contribution in [-0.4, -0.2) is 5.91 Å². The van der Waals surface area contributed by atoms with E-state index in [1.165, 1.54) is 0 Å². The van der Waals surface area contributed by atoms with Crippen molar-refractivity contribution < 1.29 is 4.79 Å². The number of rotatable bonds is 3. The Bertz CT molecular complexity index is 579. The van der Waals surface area contributed by atoms with Crippen LogP contribution >= 0.6 is 43.5 Å². The molecule has 0 saturated carbocycles. The van der Waals surface area contributed by atoms with Gasteiger partial charge in [-0.25, -0.2) is 0 Å². The zero-order valence-electron chi connectivity index (χ0n) is 9.79. The summed E-state index contributed by atoms with van der Waals surface area (Å²) in [4.78, 5) is 12.1. The zero-order chi connectivity index (χ0) is 13.8. The number of hydrogen-bond acceptors (Lipinski definition) is 1. The second-order valence-corrected chi connectivity index (χ2v) is 5.86. The average molecular weight is 404 g/mol. The van der Waals surface area contributed by atoms with Crippen molar-refractivity contribution in [2.75, 3.05) is 5.32 Å². The molecule has 0 aromatic heterocycles. The maximum atomic E-state index is 12.1. The summed E-state index contributed by atoms with van der Waals surface area (Å²) in [5, 5.41) is 4.15. The fourth-order valence-corrected chi connectivity index (χ4v) is 2.80. The van der Waals surface area contributed by atoms with E-state index < -0.39 is 0 Å². The van der Waals surface area contributed by atoms with Crippen LogP contribution in [0.5, 0.6) is 0 Å². The van der Waals surface area contributed by atoms with E-state index in [0.717, 1.165) is 21.1 Å². The molecular formula is C14H10Br2ClNO. The SMILES string of the molecule is O=C(Nc1ccc(CBr)cc1)c1cc(Cl)cc(Br)c1. The van der Waals surface area contributed by atoms with Crippen molar-refractivity contribution >= 4 is 55.1 Å². The highest BCUT2D eigenvalue weighted by molar-refractivity contribution is 9.10. The molecule has 2 rings (SSSR count). The lowest BCUT2D eigenvalue weighted by molar-refractivity contribution is 0.102. The Morgan fingerprint density at radius 1 is 1.16 bits per heavy atom. The Morgan fingerprint density at radius 3 is 2.42 bits per heavy atom. The normalized spacial score (nSPS) is 10.3. The number of halogens is 3. The van der Waals surface area contributed by atoms with Gasteiger partial charge in [0.2, 0.25) is 0 Å². The van der Waals surface area contributed by atoms with Gasteiger partial charge in [-0.1, -0.05) is 55.6 Å². The molecular weight excluding hydrogens is 393 g/mol. The van der Waals surface area contributed by atoms with Crippen molar-refractivity contribution in [1.82, 2.24) is 0 Å². The Labute approximate surface area is 133 Å². The molecule has 2 aromatic carbocycles. The van der Waals surface area contributed by atoms with Gasteiger partial charge in [-0.3, -0.25) is 4.79 Å². The Kier molecular flexibility index (Phi) is 5.02. The number of benzene rings is 2. The van der Waals surface area contributed by atoms with Crippen LogP contribution in [0, 0.1) is 0 Å². The van der Waals surface area contributed by atoms with Gasteiger partial charge in [0.1, 0.15) is 0 Å². The van der Waals surface area contributed by atoms with Crippen molar-refractivity contribution in [3.05, 3.63) is 63.1 Å². The average Bonchev–Trinajstić information content (AvgIpc) is 2.38. The molecule has 1 N–H and O–H groups in total. The van der Waals surface area contributed by atoms with Crippen LogP contribution in [0.15, 0.2) is 46.9 Å². The van der Waals surface area contributed by atoms with E-state index in [0.29, 0.717) is 10.6 Å². The van der Waals surface area contributed by atoms with Crippen molar-refractivity contribution in [2.24, 2.45) is 0 Å². The smallest absolute Gasteiger partial charge is 0.255 e. The van der Waals surface area contributed by atoms with Gasteiger partial charge in [0, 0.05) is 26.1 Å². The van der Waals surface area contributed by atoms with E-state index in [1.807, 2.05) is 24.3 Å². The van der Waals surface area contributed by atoms with Gasteiger partial charge in [-0.05, 0) is 35.9 Å². The summed E-state index contributed by atoms with van der Waals surface area (Å²) in [6, 6.07) is 12.8. The molecule has 0 atom stereocenters. The number of hydrogen-bond donors (Lipinski definition) is 1. The van der Waals surface area contributed by atoms with Crippen LogP contribution < -0.4 is 5.32 Å². The molecule has 19 heavy (non-hydrogen) atoms. The van der Waals surface area contributed by atoms with Crippen LogP contribution in [0.1, 0.15) is 15.9 Å². The van der Waals surface area contributed by atoms with Crippen molar-refractivity contribution in [1.29, 1.82) is 0 Å². The fraction of sp³-hybridized carbons (Fsp3) is 0.0714. The third kappa shape index (κ3) is 4.06. The second-order valence-electron chi connectivity index (χ2n) is 3.94. The first-order valence-corrected chi connectivity index (χ1v) is 7.80. The summed E-state index contributed by atoms with van der Waals surface area (Å²) in [5.41, 5.74) is 2.43. The molecule has 0 bridgehead atoms. The molecule has 0 radical (unpaired) electrons. The van der Waals surface area contributed by atoms with Gasteiger partial charge in [0.25, 0.3) is 5.91 Å². The predicted molar refractivity (Wildman–Crippen MR) is 86.2 cm³/mol. The quantitative estimate of drug-likeness (QED) is 0.697. The lowest BCUT2D eigenvalue weighted by Gasteiger charge is -2.07. The molecule has 0 aliphatic heterocycles. The van der Waals surface area contributed by atoms with E-state index in [-0.39, 0.29) is 5.91 Å². The monoisotopic (exact) mass is 401 g/mol. The Morgan fingerprint density at radius 2 is 1.84 bits per heavy atom. The molecule has 5 heteroatoms. The minimum absolute atomic E-state index is 0.185. The molecule has 2 aromatic rings. The van der Waals surface area contributed by atoms with Crippen molar-refractivity contribution in [3.8, 4) is 0 Å². The highest BCUT2D eigenvalue weighted by Crippen LogP contribution is 2.20. The minimum atomic E-state index is -0.185. The third-order valence-corrected chi connectivity index (χ3v) is 3.81. The van der Waals surface area contributed by atoms with Gasteiger partial charge >= 0.3 is 0 Å². The molecule has 0 heterocycles. The first-order valence-electron chi connectivity index (χ1n) is 5.51. The first kappa shape index (κ1) is 14.6.